The zero-order valence-electron chi connectivity index (χ0n) is 10.6. The molecule has 0 saturated heterocycles. The first-order valence-electron chi connectivity index (χ1n) is 5.88. The van der Waals surface area contributed by atoms with Crippen molar-refractivity contribution in [2.75, 3.05) is 0 Å². The molecule has 0 aliphatic rings. The zero-order chi connectivity index (χ0) is 13.7. The standard InChI is InChI=1S/C13H16N4OS/c1-9-2-3-11(19-9)8-15-7-10-4-5-16-12(6-10)13(14)17-18/h2-6,15,18H,7-8H2,1H3,(H2,14,17). The van der Waals surface area contributed by atoms with Gasteiger partial charge in [-0.05, 0) is 36.8 Å². The normalized spacial score (nSPS) is 11.7. The molecule has 0 bridgehead atoms. The fraction of sp³-hybridized carbons (Fsp3) is 0.231. The van der Waals surface area contributed by atoms with E-state index in [0.29, 0.717) is 12.2 Å². The predicted octanol–water partition coefficient (Wildman–Crippen LogP) is 1.84. The monoisotopic (exact) mass is 276 g/mol. The molecule has 2 aromatic heterocycles. The quantitative estimate of drug-likeness (QED) is 0.337. The second-order valence-electron chi connectivity index (χ2n) is 4.15. The number of thiophene rings is 1. The lowest BCUT2D eigenvalue weighted by Gasteiger charge is -2.05. The van der Waals surface area contributed by atoms with E-state index in [9.17, 15) is 0 Å². The zero-order valence-corrected chi connectivity index (χ0v) is 11.4. The van der Waals surface area contributed by atoms with Gasteiger partial charge in [0.05, 0.1) is 0 Å². The highest BCUT2D eigenvalue weighted by Crippen LogP contribution is 2.14. The van der Waals surface area contributed by atoms with E-state index in [4.69, 9.17) is 10.9 Å². The van der Waals surface area contributed by atoms with Crippen molar-refractivity contribution < 1.29 is 5.21 Å². The van der Waals surface area contributed by atoms with Gasteiger partial charge in [0.1, 0.15) is 5.69 Å². The van der Waals surface area contributed by atoms with E-state index in [2.05, 4.69) is 34.5 Å². The third-order valence-corrected chi connectivity index (χ3v) is 3.62. The van der Waals surface area contributed by atoms with Gasteiger partial charge in [-0.1, -0.05) is 5.16 Å². The summed E-state index contributed by atoms with van der Waals surface area (Å²) in [4.78, 5) is 6.66. The molecule has 2 aromatic rings. The van der Waals surface area contributed by atoms with Crippen LogP contribution < -0.4 is 11.1 Å². The largest absolute Gasteiger partial charge is 0.409 e. The molecule has 0 unspecified atom stereocenters. The Balaban J connectivity index is 1.92. The molecule has 0 aliphatic carbocycles. The molecule has 0 saturated carbocycles. The summed E-state index contributed by atoms with van der Waals surface area (Å²) >= 11 is 1.79. The highest BCUT2D eigenvalue weighted by molar-refractivity contribution is 7.11. The predicted molar refractivity (Wildman–Crippen MR) is 76.3 cm³/mol. The summed E-state index contributed by atoms with van der Waals surface area (Å²) in [5, 5.41) is 14.9. The summed E-state index contributed by atoms with van der Waals surface area (Å²) in [5.74, 6) is 0.0238. The molecule has 0 radical (unpaired) electrons. The molecule has 4 N–H and O–H groups in total. The highest BCUT2D eigenvalue weighted by Gasteiger charge is 2.02. The van der Waals surface area contributed by atoms with Gasteiger partial charge in [-0.25, -0.2) is 0 Å². The fourth-order valence-electron chi connectivity index (χ4n) is 1.69. The Labute approximate surface area is 115 Å². The molecule has 2 heterocycles. The summed E-state index contributed by atoms with van der Waals surface area (Å²) in [5.41, 5.74) is 7.03. The van der Waals surface area contributed by atoms with Crippen LogP contribution in [0, 0.1) is 6.92 Å². The van der Waals surface area contributed by atoms with Crippen molar-refractivity contribution in [2.45, 2.75) is 20.0 Å². The van der Waals surface area contributed by atoms with Gasteiger partial charge in [0.25, 0.3) is 0 Å². The Bertz CT molecular complexity index is 580. The van der Waals surface area contributed by atoms with Crippen molar-refractivity contribution in [2.24, 2.45) is 10.9 Å². The van der Waals surface area contributed by atoms with E-state index >= 15 is 0 Å². The molecular weight excluding hydrogens is 260 g/mol. The molecule has 5 nitrogen and oxygen atoms in total. The van der Waals surface area contributed by atoms with Gasteiger partial charge in [0.15, 0.2) is 5.84 Å². The number of nitrogens with one attached hydrogen (secondary N) is 1. The molecule has 0 spiro atoms. The molecule has 2 rings (SSSR count). The van der Waals surface area contributed by atoms with Crippen LogP contribution >= 0.6 is 11.3 Å². The number of pyridine rings is 1. The van der Waals surface area contributed by atoms with Gasteiger partial charge in [0, 0.05) is 29.0 Å². The molecule has 6 heteroatoms. The number of hydrogen-bond acceptors (Lipinski definition) is 5. The van der Waals surface area contributed by atoms with Crippen LogP contribution in [0.3, 0.4) is 0 Å². The van der Waals surface area contributed by atoms with Gasteiger partial charge in [-0.3, -0.25) is 4.98 Å². The SMILES string of the molecule is Cc1ccc(CNCc2ccnc(C(N)=NO)c2)s1. The van der Waals surface area contributed by atoms with E-state index in [1.165, 1.54) is 9.75 Å². The molecule has 0 atom stereocenters. The second kappa shape index (κ2) is 6.31. The molecule has 19 heavy (non-hydrogen) atoms. The smallest absolute Gasteiger partial charge is 0.188 e. The summed E-state index contributed by atoms with van der Waals surface area (Å²) < 4.78 is 0. The van der Waals surface area contributed by atoms with Gasteiger partial charge >= 0.3 is 0 Å². The van der Waals surface area contributed by atoms with Crippen molar-refractivity contribution in [3.05, 3.63) is 51.5 Å². The maximum Gasteiger partial charge on any atom is 0.188 e. The first-order chi connectivity index (χ1) is 9.19. The third-order valence-electron chi connectivity index (χ3n) is 2.62. The minimum Gasteiger partial charge on any atom is -0.409 e. The van der Waals surface area contributed by atoms with Crippen LogP contribution in [0.2, 0.25) is 0 Å². The van der Waals surface area contributed by atoms with Crippen molar-refractivity contribution in [1.82, 2.24) is 10.3 Å². The molecular formula is C13H16N4OS. The average molecular weight is 276 g/mol. The Kier molecular flexibility index (Phi) is 4.48. The number of aromatic nitrogens is 1. The summed E-state index contributed by atoms with van der Waals surface area (Å²) in [6, 6.07) is 7.95. The van der Waals surface area contributed by atoms with Gasteiger partial charge in [0.2, 0.25) is 0 Å². The summed E-state index contributed by atoms with van der Waals surface area (Å²) in [6.45, 7) is 3.64. The minimum absolute atomic E-state index is 0.0238. The minimum atomic E-state index is 0.0238. The Morgan fingerprint density at radius 2 is 2.26 bits per heavy atom. The van der Waals surface area contributed by atoms with E-state index < -0.39 is 0 Å². The molecule has 0 amide bonds. The topological polar surface area (TPSA) is 83.5 Å². The number of oxime groups is 1. The van der Waals surface area contributed by atoms with Crippen LogP contribution in [0.4, 0.5) is 0 Å². The third kappa shape index (κ3) is 3.77. The number of nitrogens with two attached hydrogens (primary N) is 1. The van der Waals surface area contributed by atoms with Gasteiger partial charge < -0.3 is 16.3 Å². The molecule has 0 aliphatic heterocycles. The van der Waals surface area contributed by atoms with Crippen LogP contribution in [0.5, 0.6) is 0 Å². The molecule has 0 fully saturated rings. The maximum absolute atomic E-state index is 8.61. The Morgan fingerprint density at radius 1 is 1.42 bits per heavy atom. The van der Waals surface area contributed by atoms with Crippen molar-refractivity contribution in [3.8, 4) is 0 Å². The van der Waals surface area contributed by atoms with Crippen LogP contribution in [-0.2, 0) is 13.1 Å². The molecule has 0 aromatic carbocycles. The van der Waals surface area contributed by atoms with E-state index in [1.807, 2.05) is 12.1 Å². The van der Waals surface area contributed by atoms with Gasteiger partial charge in [-0.2, -0.15) is 0 Å². The van der Waals surface area contributed by atoms with Crippen LogP contribution in [0.1, 0.15) is 21.0 Å². The number of amidine groups is 1. The second-order valence-corrected chi connectivity index (χ2v) is 5.52. The Morgan fingerprint density at radius 3 is 2.95 bits per heavy atom. The van der Waals surface area contributed by atoms with E-state index in [-0.39, 0.29) is 5.84 Å². The summed E-state index contributed by atoms with van der Waals surface area (Å²) in [7, 11) is 0. The van der Waals surface area contributed by atoms with Crippen molar-refractivity contribution >= 4 is 17.2 Å². The van der Waals surface area contributed by atoms with Gasteiger partial charge in [-0.15, -0.1) is 11.3 Å². The number of rotatable bonds is 5. The highest BCUT2D eigenvalue weighted by atomic mass is 32.1. The fourth-order valence-corrected chi connectivity index (χ4v) is 2.55. The lowest BCUT2D eigenvalue weighted by molar-refractivity contribution is 0.318. The molecule has 100 valence electrons. The van der Waals surface area contributed by atoms with Crippen molar-refractivity contribution in [3.63, 3.8) is 0 Å². The number of hydrogen-bond donors (Lipinski definition) is 3. The van der Waals surface area contributed by atoms with Crippen molar-refractivity contribution in [1.29, 1.82) is 0 Å². The first kappa shape index (κ1) is 13.5. The van der Waals surface area contributed by atoms with Crippen LogP contribution in [0.25, 0.3) is 0 Å². The summed E-state index contributed by atoms with van der Waals surface area (Å²) in [6.07, 6.45) is 1.65. The van der Waals surface area contributed by atoms with Crippen LogP contribution in [-0.4, -0.2) is 16.0 Å². The van der Waals surface area contributed by atoms with Crippen LogP contribution in [0.15, 0.2) is 35.6 Å². The lowest BCUT2D eigenvalue weighted by Crippen LogP contribution is -2.17. The first-order valence-corrected chi connectivity index (χ1v) is 6.69. The Hall–Kier alpha value is -1.92. The number of nitrogens with zero attached hydrogens (tertiary/aromatic N) is 2. The maximum atomic E-state index is 8.61. The van der Waals surface area contributed by atoms with E-state index in [0.717, 1.165) is 12.1 Å². The average Bonchev–Trinajstić information content (AvgIpc) is 2.84. The number of aryl methyl sites for hydroxylation is 1. The van der Waals surface area contributed by atoms with E-state index in [1.54, 1.807) is 17.5 Å². The lowest BCUT2D eigenvalue weighted by atomic mass is 10.2.